The van der Waals surface area contributed by atoms with Crippen molar-refractivity contribution in [3.8, 4) is 5.88 Å². The van der Waals surface area contributed by atoms with Gasteiger partial charge in [-0.3, -0.25) is 0 Å². The average molecular weight is 444 g/mol. The van der Waals surface area contributed by atoms with Gasteiger partial charge >= 0.3 is 5.97 Å². The van der Waals surface area contributed by atoms with Crippen LogP contribution in [0.4, 0.5) is 5.95 Å². The van der Waals surface area contributed by atoms with Gasteiger partial charge in [0.05, 0.1) is 17.6 Å². The van der Waals surface area contributed by atoms with Gasteiger partial charge in [0.15, 0.2) is 0 Å². The lowest BCUT2D eigenvalue weighted by atomic mass is 10.1. The summed E-state index contributed by atoms with van der Waals surface area (Å²) < 4.78 is 5.76. The summed E-state index contributed by atoms with van der Waals surface area (Å²) in [5.41, 5.74) is 4.30. The average Bonchev–Trinajstić information content (AvgIpc) is 2.82. The molecule has 0 unspecified atom stereocenters. The molecule has 0 aliphatic rings. The molecular formula is C25H25N5O3. The van der Waals surface area contributed by atoms with Crippen LogP contribution in [-0.4, -0.2) is 44.2 Å². The number of hydrogen-bond donors (Lipinski definition) is 1. The van der Waals surface area contributed by atoms with Gasteiger partial charge < -0.3 is 14.7 Å². The number of rotatable bonds is 9. The van der Waals surface area contributed by atoms with Crippen molar-refractivity contribution in [2.45, 2.75) is 26.8 Å². The van der Waals surface area contributed by atoms with Crippen LogP contribution < -0.4 is 9.64 Å². The predicted molar refractivity (Wildman–Crippen MR) is 126 cm³/mol. The Labute approximate surface area is 191 Å². The first kappa shape index (κ1) is 22.1. The highest BCUT2D eigenvalue weighted by atomic mass is 16.5. The van der Waals surface area contributed by atoms with Crippen molar-refractivity contribution in [1.29, 1.82) is 0 Å². The van der Waals surface area contributed by atoms with Crippen molar-refractivity contribution in [3.05, 3.63) is 83.3 Å². The summed E-state index contributed by atoms with van der Waals surface area (Å²) in [4.78, 5) is 31.3. The van der Waals surface area contributed by atoms with Crippen molar-refractivity contribution < 1.29 is 14.6 Å². The number of para-hydroxylation sites is 2. The van der Waals surface area contributed by atoms with Crippen molar-refractivity contribution in [1.82, 2.24) is 19.9 Å². The van der Waals surface area contributed by atoms with E-state index in [1.165, 1.54) is 11.1 Å². The topological polar surface area (TPSA) is 101 Å². The molecule has 0 aliphatic carbocycles. The number of aromatic nitrogens is 4. The first-order valence-electron chi connectivity index (χ1n) is 10.7. The fourth-order valence-corrected chi connectivity index (χ4v) is 3.44. The van der Waals surface area contributed by atoms with E-state index in [2.05, 4.69) is 43.9 Å². The zero-order chi connectivity index (χ0) is 23.2. The van der Waals surface area contributed by atoms with Gasteiger partial charge in [-0.15, -0.1) is 0 Å². The summed E-state index contributed by atoms with van der Waals surface area (Å²) >= 11 is 0. The number of fused-ring (bicyclic) bond motifs is 1. The van der Waals surface area contributed by atoms with E-state index in [1.807, 2.05) is 25.1 Å². The maximum absolute atomic E-state index is 11.6. The van der Waals surface area contributed by atoms with Crippen LogP contribution in [0, 0.1) is 13.8 Å². The molecule has 0 amide bonds. The number of benzene rings is 2. The molecule has 0 fully saturated rings. The fourth-order valence-electron chi connectivity index (χ4n) is 3.44. The third kappa shape index (κ3) is 5.41. The van der Waals surface area contributed by atoms with Gasteiger partial charge in [-0.25, -0.2) is 24.7 Å². The van der Waals surface area contributed by atoms with Crippen LogP contribution in [0.15, 0.2) is 60.9 Å². The third-order valence-electron chi connectivity index (χ3n) is 5.22. The van der Waals surface area contributed by atoms with Crippen LogP contribution >= 0.6 is 0 Å². The third-order valence-corrected chi connectivity index (χ3v) is 5.22. The Morgan fingerprint density at radius 1 is 0.970 bits per heavy atom. The summed E-state index contributed by atoms with van der Waals surface area (Å²) in [6, 6.07) is 15.3. The molecule has 8 heteroatoms. The molecule has 0 spiro atoms. The molecular weight excluding hydrogens is 418 g/mol. The Bertz CT molecular complexity index is 1260. The van der Waals surface area contributed by atoms with Gasteiger partial charge in [-0.1, -0.05) is 36.4 Å². The standard InChI is InChI=1S/C25H25N5O3/c1-17-14-26-25(27-15-17)30(16-19-9-4-3-8-18(19)2)12-7-13-33-23-22(24(31)32)28-20-10-5-6-11-21(20)29-23/h3-6,8-11,14-15H,7,12-13,16H2,1-2H3,(H,31,32). The molecule has 0 bridgehead atoms. The smallest absolute Gasteiger partial charge is 0.360 e. The highest BCUT2D eigenvalue weighted by Crippen LogP contribution is 2.20. The van der Waals surface area contributed by atoms with E-state index in [4.69, 9.17) is 4.74 Å². The lowest BCUT2D eigenvalue weighted by molar-refractivity contribution is 0.0684. The molecule has 0 saturated carbocycles. The van der Waals surface area contributed by atoms with Gasteiger partial charge in [0, 0.05) is 25.5 Å². The van der Waals surface area contributed by atoms with Crippen molar-refractivity contribution >= 4 is 23.0 Å². The van der Waals surface area contributed by atoms with E-state index in [9.17, 15) is 9.90 Å². The second-order valence-electron chi connectivity index (χ2n) is 7.78. The molecule has 0 radical (unpaired) electrons. The summed E-state index contributed by atoms with van der Waals surface area (Å²) in [5, 5.41) is 9.52. The fraction of sp³-hybridized carbons (Fsp3) is 0.240. The van der Waals surface area contributed by atoms with E-state index in [1.54, 1.807) is 30.6 Å². The zero-order valence-corrected chi connectivity index (χ0v) is 18.6. The van der Waals surface area contributed by atoms with Gasteiger partial charge in [0.2, 0.25) is 17.5 Å². The summed E-state index contributed by atoms with van der Waals surface area (Å²) in [6.07, 6.45) is 4.22. The number of anilines is 1. The number of carbonyl (C=O) groups is 1. The van der Waals surface area contributed by atoms with Crippen LogP contribution in [0.3, 0.4) is 0 Å². The number of carboxylic acid groups (broad SMARTS) is 1. The second-order valence-corrected chi connectivity index (χ2v) is 7.78. The number of nitrogens with zero attached hydrogens (tertiary/aromatic N) is 5. The first-order chi connectivity index (χ1) is 16.0. The molecule has 0 atom stereocenters. The monoisotopic (exact) mass is 443 g/mol. The second kappa shape index (κ2) is 10.0. The molecule has 0 saturated heterocycles. The number of carboxylic acids is 1. The van der Waals surface area contributed by atoms with Crippen molar-refractivity contribution in [2.24, 2.45) is 0 Å². The molecule has 168 valence electrons. The van der Waals surface area contributed by atoms with Crippen LogP contribution in [-0.2, 0) is 6.54 Å². The summed E-state index contributed by atoms with van der Waals surface area (Å²) in [5.74, 6) is -0.503. The Kier molecular flexibility index (Phi) is 6.73. The minimum Gasteiger partial charge on any atom is -0.476 e. The Morgan fingerprint density at radius 2 is 1.64 bits per heavy atom. The van der Waals surface area contributed by atoms with E-state index in [-0.39, 0.29) is 18.2 Å². The van der Waals surface area contributed by atoms with E-state index in [0.29, 0.717) is 36.5 Å². The maximum atomic E-state index is 11.6. The normalized spacial score (nSPS) is 10.8. The Morgan fingerprint density at radius 3 is 2.33 bits per heavy atom. The van der Waals surface area contributed by atoms with Crippen LogP contribution in [0.1, 0.15) is 33.6 Å². The molecule has 8 nitrogen and oxygen atoms in total. The van der Waals surface area contributed by atoms with Crippen LogP contribution in [0.25, 0.3) is 11.0 Å². The molecule has 4 rings (SSSR count). The van der Waals surface area contributed by atoms with E-state index in [0.717, 1.165) is 5.56 Å². The van der Waals surface area contributed by atoms with Crippen molar-refractivity contribution in [2.75, 3.05) is 18.1 Å². The lowest BCUT2D eigenvalue weighted by Gasteiger charge is -2.23. The van der Waals surface area contributed by atoms with E-state index >= 15 is 0 Å². The first-order valence-corrected chi connectivity index (χ1v) is 10.7. The summed E-state index contributed by atoms with van der Waals surface area (Å²) in [7, 11) is 0. The molecule has 4 aromatic rings. The summed E-state index contributed by atoms with van der Waals surface area (Å²) in [6.45, 7) is 5.60. The zero-order valence-electron chi connectivity index (χ0n) is 18.6. The number of aryl methyl sites for hydroxylation is 2. The highest BCUT2D eigenvalue weighted by Gasteiger charge is 2.17. The number of hydrogen-bond acceptors (Lipinski definition) is 7. The predicted octanol–water partition coefficient (Wildman–Crippen LogP) is 4.21. The molecule has 2 heterocycles. The minimum absolute atomic E-state index is 0.0261. The van der Waals surface area contributed by atoms with Gasteiger partial charge in [0.25, 0.3) is 0 Å². The minimum atomic E-state index is -1.17. The largest absolute Gasteiger partial charge is 0.476 e. The number of ether oxygens (including phenoxy) is 1. The van der Waals surface area contributed by atoms with Gasteiger partial charge in [-0.2, -0.15) is 0 Å². The quantitative estimate of drug-likeness (QED) is 0.384. The molecule has 2 aromatic heterocycles. The lowest BCUT2D eigenvalue weighted by Crippen LogP contribution is -2.27. The number of aromatic carboxylic acids is 1. The SMILES string of the molecule is Cc1cnc(N(CCCOc2nc3ccccc3nc2C(=O)O)Cc2ccccc2C)nc1. The molecule has 1 N–H and O–H groups in total. The van der Waals surface area contributed by atoms with Gasteiger partial charge in [0.1, 0.15) is 0 Å². The maximum Gasteiger partial charge on any atom is 0.360 e. The van der Waals surface area contributed by atoms with Crippen molar-refractivity contribution in [3.63, 3.8) is 0 Å². The van der Waals surface area contributed by atoms with Crippen LogP contribution in [0.2, 0.25) is 0 Å². The molecule has 0 aliphatic heterocycles. The Hall–Kier alpha value is -4.07. The highest BCUT2D eigenvalue weighted by molar-refractivity contribution is 5.90. The molecule has 2 aromatic carbocycles. The van der Waals surface area contributed by atoms with Crippen LogP contribution in [0.5, 0.6) is 5.88 Å². The van der Waals surface area contributed by atoms with Gasteiger partial charge in [-0.05, 0) is 49.1 Å². The Balaban J connectivity index is 1.47. The molecule has 33 heavy (non-hydrogen) atoms. The van der Waals surface area contributed by atoms with E-state index < -0.39 is 5.97 Å².